The third kappa shape index (κ3) is 5.63. The topological polar surface area (TPSA) is 78.5 Å². The molecule has 0 saturated heterocycles. The highest BCUT2D eigenvalue weighted by molar-refractivity contribution is 7.92. The van der Waals surface area contributed by atoms with Crippen molar-refractivity contribution in [1.82, 2.24) is 4.72 Å². The number of carbonyl (C=O) groups is 1. The Hall–Kier alpha value is -3.42. The number of sulfonamides is 1. The minimum Gasteiger partial charge on any atom is -0.341 e. The standard InChI is InChI=1S/C25H25N3O3S/c29-25(14-17-26-32(30,31)19-16-20-6-2-1-3-7-20)27-22-10-12-23(13-11-22)28-18-15-21-8-4-5-9-24(21)28/h1-13,16,19,26H,14-15,17-18H2,(H,27,29). The minimum atomic E-state index is -3.60. The van der Waals surface area contributed by atoms with Gasteiger partial charge in [-0.2, -0.15) is 0 Å². The van der Waals surface area contributed by atoms with E-state index in [9.17, 15) is 13.2 Å². The number of fused-ring (bicyclic) bond motifs is 1. The number of benzene rings is 3. The van der Waals surface area contributed by atoms with E-state index >= 15 is 0 Å². The summed E-state index contributed by atoms with van der Waals surface area (Å²) in [5.41, 5.74) is 5.10. The SMILES string of the molecule is O=C(CCNS(=O)(=O)C=Cc1ccccc1)Nc1ccc(N2CCc3ccccc32)cc1. The van der Waals surface area contributed by atoms with Crippen molar-refractivity contribution in [2.24, 2.45) is 0 Å². The zero-order chi connectivity index (χ0) is 22.4. The Kier molecular flexibility index (Phi) is 6.68. The fourth-order valence-corrected chi connectivity index (χ4v) is 4.46. The normalized spacial score (nSPS) is 13.3. The average molecular weight is 448 g/mol. The molecule has 0 spiro atoms. The van der Waals surface area contributed by atoms with Crippen molar-refractivity contribution in [3.63, 3.8) is 0 Å². The summed E-state index contributed by atoms with van der Waals surface area (Å²) in [7, 11) is -3.60. The number of anilines is 3. The average Bonchev–Trinajstić information content (AvgIpc) is 3.23. The molecule has 0 saturated carbocycles. The first-order valence-corrected chi connectivity index (χ1v) is 12.0. The van der Waals surface area contributed by atoms with Crippen molar-refractivity contribution in [2.45, 2.75) is 12.8 Å². The zero-order valence-corrected chi connectivity index (χ0v) is 18.4. The van der Waals surface area contributed by atoms with Crippen LogP contribution in [-0.4, -0.2) is 27.4 Å². The van der Waals surface area contributed by atoms with Crippen molar-refractivity contribution in [1.29, 1.82) is 0 Å². The van der Waals surface area contributed by atoms with E-state index < -0.39 is 10.0 Å². The lowest BCUT2D eigenvalue weighted by Gasteiger charge is -2.20. The summed E-state index contributed by atoms with van der Waals surface area (Å²) in [4.78, 5) is 14.5. The monoisotopic (exact) mass is 447 g/mol. The summed E-state index contributed by atoms with van der Waals surface area (Å²) < 4.78 is 26.5. The predicted octanol–water partition coefficient (Wildman–Crippen LogP) is 4.30. The number of nitrogens with one attached hydrogen (secondary N) is 2. The molecule has 32 heavy (non-hydrogen) atoms. The van der Waals surface area contributed by atoms with Crippen LogP contribution in [0.4, 0.5) is 17.1 Å². The van der Waals surface area contributed by atoms with Gasteiger partial charge in [-0.1, -0.05) is 48.5 Å². The number of para-hydroxylation sites is 1. The maximum absolute atomic E-state index is 12.2. The largest absolute Gasteiger partial charge is 0.341 e. The van der Waals surface area contributed by atoms with E-state index in [0.29, 0.717) is 5.69 Å². The molecule has 1 heterocycles. The highest BCUT2D eigenvalue weighted by Crippen LogP contribution is 2.34. The summed E-state index contributed by atoms with van der Waals surface area (Å²) in [6.45, 7) is 0.958. The van der Waals surface area contributed by atoms with Crippen LogP contribution in [0.1, 0.15) is 17.5 Å². The van der Waals surface area contributed by atoms with Crippen molar-refractivity contribution in [3.8, 4) is 0 Å². The predicted molar refractivity (Wildman–Crippen MR) is 129 cm³/mol. The molecule has 0 aliphatic carbocycles. The summed E-state index contributed by atoms with van der Waals surface area (Å²) in [6.07, 6.45) is 2.58. The molecule has 3 aromatic rings. The van der Waals surface area contributed by atoms with Gasteiger partial charge >= 0.3 is 0 Å². The Bertz CT molecular complexity index is 1210. The van der Waals surface area contributed by atoms with Gasteiger partial charge in [-0.15, -0.1) is 0 Å². The van der Waals surface area contributed by atoms with Gasteiger partial charge in [0.15, 0.2) is 0 Å². The minimum absolute atomic E-state index is 0.0238. The highest BCUT2D eigenvalue weighted by atomic mass is 32.2. The highest BCUT2D eigenvalue weighted by Gasteiger charge is 2.19. The number of carbonyl (C=O) groups excluding carboxylic acids is 1. The van der Waals surface area contributed by atoms with Crippen molar-refractivity contribution in [3.05, 3.63) is 95.4 Å². The molecular weight excluding hydrogens is 422 g/mol. The van der Waals surface area contributed by atoms with Gasteiger partial charge in [0.1, 0.15) is 0 Å². The van der Waals surface area contributed by atoms with E-state index in [1.807, 2.05) is 60.7 Å². The number of rotatable bonds is 8. The molecule has 2 N–H and O–H groups in total. The van der Waals surface area contributed by atoms with E-state index in [1.54, 1.807) is 0 Å². The summed E-state index contributed by atoms with van der Waals surface area (Å²) in [5.74, 6) is -0.251. The number of nitrogens with zero attached hydrogens (tertiary/aromatic N) is 1. The molecule has 0 aromatic heterocycles. The van der Waals surface area contributed by atoms with Gasteiger partial charge in [0.05, 0.1) is 0 Å². The van der Waals surface area contributed by atoms with E-state index in [-0.39, 0.29) is 18.9 Å². The second kappa shape index (κ2) is 9.80. The molecule has 7 heteroatoms. The molecule has 3 aromatic carbocycles. The molecule has 1 amide bonds. The Morgan fingerprint density at radius 2 is 1.66 bits per heavy atom. The van der Waals surface area contributed by atoms with E-state index in [2.05, 4.69) is 33.1 Å². The molecule has 0 bridgehead atoms. The second-order valence-electron chi connectivity index (χ2n) is 7.53. The van der Waals surface area contributed by atoms with E-state index in [4.69, 9.17) is 0 Å². The molecule has 4 rings (SSSR count). The van der Waals surface area contributed by atoms with Gasteiger partial charge < -0.3 is 10.2 Å². The molecule has 0 radical (unpaired) electrons. The van der Waals surface area contributed by atoms with Gasteiger partial charge in [0.2, 0.25) is 15.9 Å². The van der Waals surface area contributed by atoms with Crippen LogP contribution in [0.5, 0.6) is 0 Å². The van der Waals surface area contributed by atoms with E-state index in [1.165, 1.54) is 17.3 Å². The first-order chi connectivity index (χ1) is 15.5. The van der Waals surface area contributed by atoms with Crippen LogP contribution in [0, 0.1) is 0 Å². The Labute approximate surface area is 188 Å². The first kappa shape index (κ1) is 21.8. The van der Waals surface area contributed by atoms with Crippen LogP contribution >= 0.6 is 0 Å². The van der Waals surface area contributed by atoms with Crippen molar-refractivity contribution < 1.29 is 13.2 Å². The van der Waals surface area contributed by atoms with Crippen LogP contribution < -0.4 is 14.9 Å². The van der Waals surface area contributed by atoms with Gasteiger partial charge in [-0.3, -0.25) is 4.79 Å². The Morgan fingerprint density at radius 1 is 0.938 bits per heavy atom. The molecule has 0 fully saturated rings. The first-order valence-electron chi connectivity index (χ1n) is 10.5. The number of amides is 1. The third-order valence-corrected chi connectivity index (χ3v) is 6.35. The Morgan fingerprint density at radius 3 is 2.44 bits per heavy atom. The lowest BCUT2D eigenvalue weighted by molar-refractivity contribution is -0.116. The zero-order valence-electron chi connectivity index (χ0n) is 17.6. The van der Waals surface area contributed by atoms with E-state index in [0.717, 1.165) is 29.6 Å². The molecule has 164 valence electrons. The van der Waals surface area contributed by atoms with Crippen LogP contribution in [0.3, 0.4) is 0 Å². The van der Waals surface area contributed by atoms with Crippen LogP contribution in [0.15, 0.2) is 84.3 Å². The third-order valence-electron chi connectivity index (χ3n) is 5.24. The van der Waals surface area contributed by atoms with Crippen LogP contribution in [-0.2, 0) is 21.2 Å². The number of hydrogen-bond donors (Lipinski definition) is 2. The summed E-state index contributed by atoms with van der Waals surface area (Å²) in [5, 5.41) is 3.92. The lowest BCUT2D eigenvalue weighted by Crippen LogP contribution is -2.26. The van der Waals surface area contributed by atoms with Crippen LogP contribution in [0.25, 0.3) is 6.08 Å². The molecule has 1 aliphatic heterocycles. The number of hydrogen-bond acceptors (Lipinski definition) is 4. The molecule has 6 nitrogen and oxygen atoms in total. The van der Waals surface area contributed by atoms with Crippen molar-refractivity contribution >= 4 is 39.1 Å². The van der Waals surface area contributed by atoms with Crippen molar-refractivity contribution in [2.75, 3.05) is 23.3 Å². The fourth-order valence-electron chi connectivity index (χ4n) is 3.64. The van der Waals surface area contributed by atoms with Gasteiger partial charge in [0.25, 0.3) is 0 Å². The summed E-state index contributed by atoms with van der Waals surface area (Å²) in [6, 6.07) is 25.2. The molecule has 0 unspecified atom stereocenters. The van der Waals surface area contributed by atoms with Crippen LogP contribution in [0.2, 0.25) is 0 Å². The molecular formula is C25H25N3O3S. The smallest absolute Gasteiger partial charge is 0.233 e. The molecule has 1 aliphatic rings. The Balaban J connectivity index is 1.26. The van der Waals surface area contributed by atoms with Gasteiger partial charge in [0, 0.05) is 42.0 Å². The molecule has 0 atom stereocenters. The summed E-state index contributed by atoms with van der Waals surface area (Å²) >= 11 is 0. The lowest BCUT2D eigenvalue weighted by atomic mass is 10.2. The quantitative estimate of drug-likeness (QED) is 0.540. The fraction of sp³-hybridized carbons (Fsp3) is 0.160. The second-order valence-corrected chi connectivity index (χ2v) is 9.18. The van der Waals surface area contributed by atoms with Gasteiger partial charge in [-0.05, 0) is 54.0 Å². The maximum atomic E-state index is 12.2. The maximum Gasteiger partial charge on any atom is 0.233 e. The van der Waals surface area contributed by atoms with Gasteiger partial charge in [-0.25, -0.2) is 13.1 Å².